The number of piperazine rings is 1. The summed E-state index contributed by atoms with van der Waals surface area (Å²) in [6.07, 6.45) is 3.59. The maximum atomic E-state index is 12.2. The molecule has 0 saturated carbocycles. The first-order chi connectivity index (χ1) is 11.1. The molecular formula is C17H21N3O2S. The molecule has 0 unspecified atom stereocenters. The Balaban J connectivity index is 1.48. The number of hydrogen-bond acceptors (Lipinski definition) is 5. The molecule has 2 aromatic heterocycles. The summed E-state index contributed by atoms with van der Waals surface area (Å²) in [5.41, 5.74) is 0.954. The lowest BCUT2D eigenvalue weighted by molar-refractivity contribution is -0.127. The lowest BCUT2D eigenvalue weighted by atomic mass is 10.2. The monoisotopic (exact) mass is 331 g/mol. The van der Waals surface area contributed by atoms with E-state index in [9.17, 15) is 4.79 Å². The first-order valence-corrected chi connectivity index (χ1v) is 8.60. The summed E-state index contributed by atoms with van der Waals surface area (Å²) in [4.78, 5) is 18.8. The number of aromatic nitrogens is 1. The Morgan fingerprint density at radius 3 is 2.70 bits per heavy atom. The number of carbonyl (C=O) groups is 1. The van der Waals surface area contributed by atoms with E-state index in [1.54, 1.807) is 17.4 Å². The fourth-order valence-electron chi connectivity index (χ4n) is 2.65. The van der Waals surface area contributed by atoms with Crippen LogP contribution in [-0.4, -0.2) is 47.0 Å². The molecule has 0 atom stereocenters. The Morgan fingerprint density at radius 2 is 2.09 bits per heavy atom. The minimum Gasteiger partial charge on any atom is -0.361 e. The van der Waals surface area contributed by atoms with Crippen molar-refractivity contribution in [2.45, 2.75) is 20.4 Å². The van der Waals surface area contributed by atoms with E-state index in [1.807, 2.05) is 30.0 Å². The molecule has 0 bridgehead atoms. The van der Waals surface area contributed by atoms with Gasteiger partial charge >= 0.3 is 0 Å². The van der Waals surface area contributed by atoms with Gasteiger partial charge in [-0.3, -0.25) is 9.69 Å². The molecule has 1 fully saturated rings. The van der Waals surface area contributed by atoms with E-state index >= 15 is 0 Å². The van der Waals surface area contributed by atoms with Crippen molar-refractivity contribution in [2.75, 3.05) is 26.2 Å². The maximum absolute atomic E-state index is 12.2. The SMILES string of the molecule is Cc1cc(CN2CCN(C(=O)/C=C/c3ccc(C)s3)CC2)no1. The molecule has 2 aromatic rings. The molecule has 0 radical (unpaired) electrons. The van der Waals surface area contributed by atoms with Gasteiger partial charge in [-0.15, -0.1) is 11.3 Å². The third kappa shape index (κ3) is 4.30. The molecule has 1 amide bonds. The third-order valence-corrected chi connectivity index (χ3v) is 4.86. The molecule has 1 aliphatic rings. The summed E-state index contributed by atoms with van der Waals surface area (Å²) in [6.45, 7) is 7.98. The topological polar surface area (TPSA) is 49.6 Å². The first kappa shape index (κ1) is 16.0. The molecule has 122 valence electrons. The lowest BCUT2D eigenvalue weighted by Crippen LogP contribution is -2.47. The van der Waals surface area contributed by atoms with Crippen molar-refractivity contribution in [1.29, 1.82) is 0 Å². The standard InChI is InChI=1S/C17H21N3O2S/c1-13-11-15(18-22-13)12-19-7-9-20(10-8-19)17(21)6-5-16-4-3-14(2)23-16/h3-6,11H,7-10,12H2,1-2H3/b6-5+. The Morgan fingerprint density at radius 1 is 1.30 bits per heavy atom. The number of aryl methyl sites for hydroxylation is 2. The zero-order valence-electron chi connectivity index (χ0n) is 13.5. The average Bonchev–Trinajstić information content (AvgIpc) is 3.14. The van der Waals surface area contributed by atoms with Gasteiger partial charge in [0, 0.05) is 54.6 Å². The normalized spacial score (nSPS) is 16.3. The van der Waals surface area contributed by atoms with Crippen LogP contribution in [0.3, 0.4) is 0 Å². The van der Waals surface area contributed by atoms with Crippen LogP contribution in [0.5, 0.6) is 0 Å². The van der Waals surface area contributed by atoms with Crippen molar-refractivity contribution in [3.05, 3.63) is 45.5 Å². The molecule has 3 heterocycles. The zero-order valence-corrected chi connectivity index (χ0v) is 14.3. The van der Waals surface area contributed by atoms with E-state index in [0.29, 0.717) is 0 Å². The second kappa shape index (κ2) is 7.10. The summed E-state index contributed by atoms with van der Waals surface area (Å²) < 4.78 is 5.09. The summed E-state index contributed by atoms with van der Waals surface area (Å²) in [6, 6.07) is 6.07. The van der Waals surface area contributed by atoms with Crippen LogP contribution < -0.4 is 0 Å². The summed E-state index contributed by atoms with van der Waals surface area (Å²) in [7, 11) is 0. The van der Waals surface area contributed by atoms with Crippen LogP contribution in [0, 0.1) is 13.8 Å². The van der Waals surface area contributed by atoms with Gasteiger partial charge in [-0.05, 0) is 32.1 Å². The smallest absolute Gasteiger partial charge is 0.246 e. The van der Waals surface area contributed by atoms with Gasteiger partial charge in [0.15, 0.2) is 0 Å². The summed E-state index contributed by atoms with van der Waals surface area (Å²) >= 11 is 1.70. The highest BCUT2D eigenvalue weighted by Crippen LogP contribution is 2.16. The van der Waals surface area contributed by atoms with E-state index < -0.39 is 0 Å². The van der Waals surface area contributed by atoms with E-state index in [-0.39, 0.29) is 5.91 Å². The predicted octanol–water partition coefficient (Wildman–Crippen LogP) is 2.71. The highest BCUT2D eigenvalue weighted by atomic mass is 32.1. The first-order valence-electron chi connectivity index (χ1n) is 7.78. The van der Waals surface area contributed by atoms with Gasteiger partial charge in [-0.1, -0.05) is 5.16 Å². The Bertz CT molecular complexity index is 696. The van der Waals surface area contributed by atoms with E-state index in [0.717, 1.165) is 49.1 Å². The molecule has 0 N–H and O–H groups in total. The highest BCUT2D eigenvalue weighted by Gasteiger charge is 2.20. The van der Waals surface area contributed by atoms with E-state index in [2.05, 4.69) is 23.0 Å². The van der Waals surface area contributed by atoms with Crippen LogP contribution in [0.25, 0.3) is 6.08 Å². The number of nitrogens with zero attached hydrogens (tertiary/aromatic N) is 3. The van der Waals surface area contributed by atoms with Gasteiger partial charge in [-0.2, -0.15) is 0 Å². The number of rotatable bonds is 4. The highest BCUT2D eigenvalue weighted by molar-refractivity contribution is 7.12. The largest absolute Gasteiger partial charge is 0.361 e. The van der Waals surface area contributed by atoms with Crippen LogP contribution in [0.4, 0.5) is 0 Å². The number of thiophene rings is 1. The second-order valence-corrected chi connectivity index (χ2v) is 7.13. The Kier molecular flexibility index (Phi) is 4.93. The van der Waals surface area contributed by atoms with Gasteiger partial charge in [0.1, 0.15) is 5.76 Å². The van der Waals surface area contributed by atoms with Crippen LogP contribution in [0.15, 0.2) is 28.8 Å². The van der Waals surface area contributed by atoms with Crippen molar-refractivity contribution < 1.29 is 9.32 Å². The quantitative estimate of drug-likeness (QED) is 0.808. The lowest BCUT2D eigenvalue weighted by Gasteiger charge is -2.33. The average molecular weight is 331 g/mol. The minimum absolute atomic E-state index is 0.0907. The number of carbonyl (C=O) groups excluding carboxylic acids is 1. The molecule has 6 heteroatoms. The molecule has 0 aromatic carbocycles. The van der Waals surface area contributed by atoms with Crippen molar-refractivity contribution >= 4 is 23.3 Å². The maximum Gasteiger partial charge on any atom is 0.246 e. The molecule has 5 nitrogen and oxygen atoms in total. The third-order valence-electron chi connectivity index (χ3n) is 3.90. The second-order valence-electron chi connectivity index (χ2n) is 5.81. The van der Waals surface area contributed by atoms with Gasteiger partial charge in [0.2, 0.25) is 5.91 Å². The van der Waals surface area contributed by atoms with Gasteiger partial charge in [0.05, 0.1) is 5.69 Å². The van der Waals surface area contributed by atoms with E-state index in [4.69, 9.17) is 4.52 Å². The molecular weight excluding hydrogens is 310 g/mol. The van der Waals surface area contributed by atoms with Crippen LogP contribution in [0.2, 0.25) is 0 Å². The fraction of sp³-hybridized carbons (Fsp3) is 0.412. The minimum atomic E-state index is 0.0907. The van der Waals surface area contributed by atoms with Crippen LogP contribution in [0.1, 0.15) is 21.2 Å². The zero-order chi connectivity index (χ0) is 16.2. The molecule has 0 spiro atoms. The molecule has 1 saturated heterocycles. The Hall–Kier alpha value is -1.92. The van der Waals surface area contributed by atoms with Crippen molar-refractivity contribution in [2.24, 2.45) is 0 Å². The van der Waals surface area contributed by atoms with Crippen LogP contribution in [-0.2, 0) is 11.3 Å². The Labute approximate surface area is 140 Å². The number of amides is 1. The van der Waals surface area contributed by atoms with Gasteiger partial charge in [0.25, 0.3) is 0 Å². The van der Waals surface area contributed by atoms with E-state index in [1.165, 1.54) is 4.88 Å². The molecule has 3 rings (SSSR count). The summed E-state index contributed by atoms with van der Waals surface area (Å²) in [5.74, 6) is 0.927. The van der Waals surface area contributed by atoms with Gasteiger partial charge in [-0.25, -0.2) is 0 Å². The fourth-order valence-corrected chi connectivity index (χ4v) is 3.43. The molecule has 1 aliphatic heterocycles. The number of hydrogen-bond donors (Lipinski definition) is 0. The molecule has 23 heavy (non-hydrogen) atoms. The van der Waals surface area contributed by atoms with Crippen molar-refractivity contribution in [1.82, 2.24) is 15.0 Å². The summed E-state index contributed by atoms with van der Waals surface area (Å²) in [5, 5.41) is 4.02. The van der Waals surface area contributed by atoms with Crippen LogP contribution >= 0.6 is 11.3 Å². The molecule has 0 aliphatic carbocycles. The van der Waals surface area contributed by atoms with Gasteiger partial charge < -0.3 is 9.42 Å². The predicted molar refractivity (Wildman–Crippen MR) is 91.2 cm³/mol. The van der Waals surface area contributed by atoms with Crippen molar-refractivity contribution in [3.8, 4) is 0 Å². The van der Waals surface area contributed by atoms with Crippen molar-refractivity contribution in [3.63, 3.8) is 0 Å².